The average molecular weight is 456 g/mol. The van der Waals surface area contributed by atoms with Crippen LogP contribution in [0.2, 0.25) is 0 Å². The van der Waals surface area contributed by atoms with Gasteiger partial charge in [0.2, 0.25) is 0 Å². The highest BCUT2D eigenvalue weighted by atomic mass is 32.2. The number of hydrogen-bond acceptors (Lipinski definition) is 7. The fourth-order valence-electron chi connectivity index (χ4n) is 2.35. The number of aromatic nitrogens is 1. The number of thiazole rings is 1. The van der Waals surface area contributed by atoms with Crippen molar-refractivity contribution in [2.75, 3.05) is 11.0 Å². The molecule has 0 unspecified atom stereocenters. The van der Waals surface area contributed by atoms with Crippen molar-refractivity contribution in [3.8, 4) is 10.6 Å². The molecule has 0 aliphatic rings. The summed E-state index contributed by atoms with van der Waals surface area (Å²) >= 11 is 0.812. The summed E-state index contributed by atoms with van der Waals surface area (Å²) in [6.45, 7) is 0. The summed E-state index contributed by atoms with van der Waals surface area (Å²) in [5.41, 5.74) is -0.0699. The van der Waals surface area contributed by atoms with Gasteiger partial charge in [-0.1, -0.05) is 0 Å². The molecule has 3 rings (SSSR count). The number of carboxylic acids is 1. The molecule has 0 atom stereocenters. The summed E-state index contributed by atoms with van der Waals surface area (Å²) in [5.74, 6) is -1.80. The lowest BCUT2D eigenvalue weighted by Crippen LogP contribution is -2.15. The van der Waals surface area contributed by atoms with Crippen molar-refractivity contribution in [2.24, 2.45) is 0 Å². The largest absolute Gasteiger partial charge is 0.478 e. The number of aromatic carboxylic acids is 1. The summed E-state index contributed by atoms with van der Waals surface area (Å²) in [6.07, 6.45) is 1.93. The van der Waals surface area contributed by atoms with Crippen molar-refractivity contribution in [3.05, 3.63) is 60.0 Å². The smallest absolute Gasteiger partial charge is 0.335 e. The Morgan fingerprint density at radius 1 is 1.10 bits per heavy atom. The Kier molecular flexibility index (Phi) is 5.43. The second-order valence-electron chi connectivity index (χ2n) is 5.89. The third-order valence-electron chi connectivity index (χ3n) is 3.71. The second kappa shape index (κ2) is 7.54. The van der Waals surface area contributed by atoms with Gasteiger partial charge in [-0.3, -0.25) is 4.72 Å². The molecule has 29 heavy (non-hydrogen) atoms. The zero-order valence-corrected chi connectivity index (χ0v) is 17.1. The molecule has 0 amide bonds. The molecule has 2 aromatic carbocycles. The van der Waals surface area contributed by atoms with E-state index in [1.165, 1.54) is 24.3 Å². The number of sulfonamides is 1. The van der Waals surface area contributed by atoms with Crippen LogP contribution in [0.15, 0.2) is 57.8 Å². The van der Waals surface area contributed by atoms with Crippen LogP contribution in [0.3, 0.4) is 0 Å². The lowest BCUT2D eigenvalue weighted by atomic mass is 10.2. The van der Waals surface area contributed by atoms with Crippen molar-refractivity contribution in [3.63, 3.8) is 0 Å². The first kappa shape index (κ1) is 20.9. The molecule has 0 saturated heterocycles. The molecular formula is C17H13FN2O6S3. The van der Waals surface area contributed by atoms with E-state index in [9.17, 15) is 26.0 Å². The molecule has 0 saturated carbocycles. The lowest BCUT2D eigenvalue weighted by Gasteiger charge is -2.11. The molecule has 152 valence electrons. The summed E-state index contributed by atoms with van der Waals surface area (Å²) in [7, 11) is -8.13. The molecule has 2 N–H and O–H groups in total. The van der Waals surface area contributed by atoms with E-state index in [2.05, 4.69) is 9.71 Å². The number of halogens is 1. The predicted molar refractivity (Wildman–Crippen MR) is 105 cm³/mol. The van der Waals surface area contributed by atoms with Crippen LogP contribution in [0.1, 0.15) is 10.4 Å². The maximum atomic E-state index is 13.0. The Morgan fingerprint density at radius 3 is 2.34 bits per heavy atom. The Labute approximate surface area is 169 Å². The lowest BCUT2D eigenvalue weighted by molar-refractivity contribution is 0.0696. The highest BCUT2D eigenvalue weighted by Crippen LogP contribution is 2.31. The Balaban J connectivity index is 1.98. The Morgan fingerprint density at radius 2 is 1.76 bits per heavy atom. The van der Waals surface area contributed by atoms with Crippen molar-refractivity contribution < 1.29 is 31.1 Å². The number of nitrogens with zero attached hydrogens (tertiary/aromatic N) is 1. The van der Waals surface area contributed by atoms with Gasteiger partial charge in [-0.25, -0.2) is 31.0 Å². The van der Waals surface area contributed by atoms with Gasteiger partial charge in [-0.2, -0.15) is 0 Å². The van der Waals surface area contributed by atoms with Crippen LogP contribution in [0.5, 0.6) is 0 Å². The molecule has 0 fully saturated rings. The standard InChI is InChI=1S/C17H13FN2O6S3/c1-28(23,24)14-8-11(17(21)22)4-7-13(14)20-29(25,26)15-9-19-16(27-15)10-2-5-12(18)6-3-10/h2-9,20H,1H3,(H,21,22). The maximum absolute atomic E-state index is 13.0. The summed E-state index contributed by atoms with van der Waals surface area (Å²) in [5, 5.41) is 9.37. The topological polar surface area (TPSA) is 130 Å². The number of rotatable bonds is 6. The van der Waals surface area contributed by atoms with Gasteiger partial charge >= 0.3 is 5.97 Å². The molecular weight excluding hydrogens is 443 g/mol. The maximum Gasteiger partial charge on any atom is 0.335 e. The molecule has 0 bridgehead atoms. The van der Waals surface area contributed by atoms with E-state index in [1.54, 1.807) is 0 Å². The predicted octanol–water partition coefficient (Wildman–Crippen LogP) is 2.85. The molecule has 0 aliphatic carbocycles. The van der Waals surface area contributed by atoms with E-state index >= 15 is 0 Å². The van der Waals surface area contributed by atoms with Gasteiger partial charge in [0, 0.05) is 11.8 Å². The highest BCUT2D eigenvalue weighted by molar-refractivity contribution is 7.95. The zero-order chi connectivity index (χ0) is 21.4. The number of carboxylic acid groups (broad SMARTS) is 1. The third-order valence-corrected chi connectivity index (χ3v) is 7.72. The van der Waals surface area contributed by atoms with Gasteiger partial charge in [-0.05, 0) is 42.5 Å². The monoisotopic (exact) mass is 456 g/mol. The molecule has 0 spiro atoms. The molecule has 1 heterocycles. The zero-order valence-electron chi connectivity index (χ0n) is 14.7. The van der Waals surface area contributed by atoms with Gasteiger partial charge < -0.3 is 5.11 Å². The SMILES string of the molecule is CS(=O)(=O)c1cc(C(=O)O)ccc1NS(=O)(=O)c1cnc(-c2ccc(F)cc2)s1. The fourth-order valence-corrected chi connectivity index (χ4v) is 5.49. The first-order chi connectivity index (χ1) is 13.5. The van der Waals surface area contributed by atoms with Crippen LogP contribution in [-0.2, 0) is 19.9 Å². The second-order valence-corrected chi connectivity index (χ2v) is 10.8. The molecule has 1 aromatic heterocycles. The first-order valence-corrected chi connectivity index (χ1v) is 12.0. The van der Waals surface area contributed by atoms with Crippen molar-refractivity contribution >= 4 is 42.9 Å². The van der Waals surface area contributed by atoms with Crippen LogP contribution in [0.4, 0.5) is 10.1 Å². The molecule has 12 heteroatoms. The quantitative estimate of drug-likeness (QED) is 0.583. The Hall–Kier alpha value is -2.83. The van der Waals surface area contributed by atoms with E-state index < -0.39 is 36.5 Å². The van der Waals surface area contributed by atoms with Gasteiger partial charge in [0.15, 0.2) is 14.0 Å². The summed E-state index contributed by atoms with van der Waals surface area (Å²) in [6, 6.07) is 8.36. The van der Waals surface area contributed by atoms with Crippen molar-refractivity contribution in [1.82, 2.24) is 4.98 Å². The van der Waals surface area contributed by atoms with Gasteiger partial charge in [0.25, 0.3) is 10.0 Å². The van der Waals surface area contributed by atoms with Gasteiger partial charge in [0.05, 0.1) is 22.3 Å². The normalized spacial score (nSPS) is 11.9. The average Bonchev–Trinajstić information content (AvgIpc) is 3.12. The highest BCUT2D eigenvalue weighted by Gasteiger charge is 2.23. The number of nitrogens with one attached hydrogen (secondary N) is 1. The number of anilines is 1. The van der Waals surface area contributed by atoms with Crippen LogP contribution in [0, 0.1) is 5.82 Å². The van der Waals surface area contributed by atoms with Crippen LogP contribution in [0.25, 0.3) is 10.6 Å². The minimum absolute atomic E-state index is 0.196. The minimum atomic E-state index is -4.20. The molecule has 3 aromatic rings. The molecule has 0 radical (unpaired) electrons. The van der Waals surface area contributed by atoms with E-state index in [0.29, 0.717) is 10.6 Å². The molecule has 0 aliphatic heterocycles. The van der Waals surface area contributed by atoms with E-state index in [4.69, 9.17) is 5.11 Å². The van der Waals surface area contributed by atoms with E-state index in [-0.39, 0.29) is 15.5 Å². The fraction of sp³-hybridized carbons (Fsp3) is 0.0588. The van der Waals surface area contributed by atoms with Crippen molar-refractivity contribution in [1.29, 1.82) is 0 Å². The number of hydrogen-bond donors (Lipinski definition) is 2. The van der Waals surface area contributed by atoms with Crippen LogP contribution >= 0.6 is 11.3 Å². The Bertz CT molecular complexity index is 1300. The van der Waals surface area contributed by atoms with Crippen molar-refractivity contribution in [2.45, 2.75) is 9.10 Å². The van der Waals surface area contributed by atoms with E-state index in [1.807, 2.05) is 0 Å². The summed E-state index contributed by atoms with van der Waals surface area (Å²) in [4.78, 5) is 14.6. The third kappa shape index (κ3) is 4.60. The van der Waals surface area contributed by atoms with Gasteiger partial charge in [0.1, 0.15) is 10.8 Å². The number of carbonyl (C=O) groups is 1. The van der Waals surface area contributed by atoms with E-state index in [0.717, 1.165) is 42.0 Å². The minimum Gasteiger partial charge on any atom is -0.478 e. The van der Waals surface area contributed by atoms with Gasteiger partial charge in [-0.15, -0.1) is 11.3 Å². The first-order valence-electron chi connectivity index (χ1n) is 7.79. The summed E-state index contributed by atoms with van der Waals surface area (Å²) < 4.78 is 64.4. The number of benzene rings is 2. The van der Waals surface area contributed by atoms with Crippen LogP contribution in [-0.4, -0.2) is 39.2 Å². The molecule has 8 nitrogen and oxygen atoms in total. The number of sulfone groups is 1. The van der Waals surface area contributed by atoms with Crippen LogP contribution < -0.4 is 4.72 Å².